The molecule has 0 saturated heterocycles. The predicted octanol–water partition coefficient (Wildman–Crippen LogP) is 1.76. The minimum atomic E-state index is 0.779. The second-order valence-corrected chi connectivity index (χ2v) is 2.62. The van der Waals surface area contributed by atoms with Crippen molar-refractivity contribution in [3.63, 3.8) is 0 Å². The van der Waals surface area contributed by atoms with Gasteiger partial charge in [-0.15, -0.1) is 0 Å². The molecule has 58 valence electrons. The molecule has 0 spiro atoms. The highest BCUT2D eigenvalue weighted by molar-refractivity contribution is 5.79. The molecule has 1 rings (SSSR count). The van der Waals surface area contributed by atoms with Crippen LogP contribution < -0.4 is 5.73 Å². The van der Waals surface area contributed by atoms with E-state index in [1.54, 1.807) is 12.3 Å². The lowest BCUT2D eigenvalue weighted by molar-refractivity contribution is 1.29. The molecule has 0 aromatic heterocycles. The van der Waals surface area contributed by atoms with Gasteiger partial charge in [0, 0.05) is 18.1 Å². The van der Waals surface area contributed by atoms with Crippen LogP contribution in [0, 0.1) is 0 Å². The normalized spacial score (nSPS) is 34.9. The lowest BCUT2D eigenvalue weighted by Gasteiger charge is -2.00. The van der Waals surface area contributed by atoms with Crippen molar-refractivity contribution in [2.75, 3.05) is 0 Å². The van der Waals surface area contributed by atoms with E-state index in [-0.39, 0.29) is 0 Å². The maximum absolute atomic E-state index is 5.68. The van der Waals surface area contributed by atoms with Crippen molar-refractivity contribution >= 4 is 6.21 Å². The Hall–Kier alpha value is -1.31. The fourth-order valence-corrected chi connectivity index (χ4v) is 0.877. The van der Waals surface area contributed by atoms with Crippen LogP contribution in [-0.4, -0.2) is 6.21 Å². The molecule has 0 bridgehead atoms. The Bertz CT molecular complexity index is 267. The Morgan fingerprint density at radius 3 is 2.82 bits per heavy atom. The van der Waals surface area contributed by atoms with E-state index < -0.39 is 0 Å². The topological polar surface area (TPSA) is 38.4 Å². The van der Waals surface area contributed by atoms with Crippen molar-refractivity contribution < 1.29 is 0 Å². The number of rotatable bonds is 0. The van der Waals surface area contributed by atoms with Crippen LogP contribution in [0.1, 0.15) is 13.8 Å². The molecule has 0 unspecified atom stereocenters. The van der Waals surface area contributed by atoms with Gasteiger partial charge in [0.25, 0.3) is 0 Å². The summed E-state index contributed by atoms with van der Waals surface area (Å²) in [7, 11) is 0. The van der Waals surface area contributed by atoms with Crippen LogP contribution >= 0.6 is 0 Å². The molecule has 0 radical (unpaired) electrons. The molecule has 11 heavy (non-hydrogen) atoms. The van der Waals surface area contributed by atoms with Crippen LogP contribution in [-0.2, 0) is 0 Å². The molecule has 0 aromatic carbocycles. The highest BCUT2D eigenvalue weighted by Gasteiger charge is 1.93. The second-order valence-electron chi connectivity index (χ2n) is 2.62. The number of allylic oxidation sites excluding steroid dienone is 4. The van der Waals surface area contributed by atoms with Gasteiger partial charge >= 0.3 is 0 Å². The van der Waals surface area contributed by atoms with Crippen LogP contribution in [0.3, 0.4) is 0 Å². The largest absolute Gasteiger partial charge is 0.398 e. The third-order valence-corrected chi connectivity index (χ3v) is 1.52. The highest BCUT2D eigenvalue weighted by Crippen LogP contribution is 2.06. The fraction of sp³-hybridized carbons (Fsp3) is 0.222. The minimum absolute atomic E-state index is 0.779. The molecule has 0 atom stereocenters. The standard InChI is InChI=1S/C9H12N2/c1-7-5-8(2)9(10)3-4-11-6-7/h3-6H,10H2,1-2H3/b4-3-,7-5-,7-6?,8-5?,9-3?,9-8-,11-4?,11-6+. The summed E-state index contributed by atoms with van der Waals surface area (Å²) in [6.45, 7) is 3.99. The first-order valence-corrected chi connectivity index (χ1v) is 3.54. The molecule has 2 heteroatoms. The summed E-state index contributed by atoms with van der Waals surface area (Å²) >= 11 is 0. The number of nitrogens with two attached hydrogens (primary N) is 1. The lowest BCUT2D eigenvalue weighted by Crippen LogP contribution is -1.97. The van der Waals surface area contributed by atoms with Crippen LogP contribution in [0.25, 0.3) is 0 Å². The van der Waals surface area contributed by atoms with Gasteiger partial charge < -0.3 is 5.73 Å². The molecule has 0 fully saturated rings. The van der Waals surface area contributed by atoms with Crippen molar-refractivity contribution in [2.45, 2.75) is 13.8 Å². The van der Waals surface area contributed by atoms with E-state index >= 15 is 0 Å². The van der Waals surface area contributed by atoms with Crippen molar-refractivity contribution in [2.24, 2.45) is 10.7 Å². The van der Waals surface area contributed by atoms with Gasteiger partial charge in [-0.3, -0.25) is 4.99 Å². The molecular weight excluding hydrogens is 136 g/mol. The van der Waals surface area contributed by atoms with E-state index in [2.05, 4.69) is 4.99 Å². The SMILES string of the molecule is CC1=C/C(C)=C(N)/C=C\N=C\1. The smallest absolute Gasteiger partial charge is 0.0359 e. The quantitative estimate of drug-likeness (QED) is 0.558. The van der Waals surface area contributed by atoms with Gasteiger partial charge in [0.1, 0.15) is 0 Å². The average Bonchev–Trinajstić information content (AvgIpc) is 1.95. The van der Waals surface area contributed by atoms with Gasteiger partial charge in [-0.2, -0.15) is 0 Å². The van der Waals surface area contributed by atoms with Gasteiger partial charge in [-0.25, -0.2) is 0 Å². The number of nitrogens with zero attached hydrogens (tertiary/aromatic N) is 1. The number of hydrogen-bond donors (Lipinski definition) is 1. The summed E-state index contributed by atoms with van der Waals surface area (Å²) in [5.74, 6) is 0. The molecule has 1 aliphatic heterocycles. The van der Waals surface area contributed by atoms with Crippen LogP contribution in [0.5, 0.6) is 0 Å². The molecule has 1 heterocycles. The number of aliphatic imine (C=N–C) groups is 1. The summed E-state index contributed by atoms with van der Waals surface area (Å²) < 4.78 is 0. The molecule has 0 amide bonds. The summed E-state index contributed by atoms with van der Waals surface area (Å²) in [4.78, 5) is 4.01. The predicted molar refractivity (Wildman–Crippen MR) is 48.3 cm³/mol. The first kappa shape index (κ1) is 7.79. The van der Waals surface area contributed by atoms with E-state index in [4.69, 9.17) is 5.73 Å². The molecule has 0 aliphatic carbocycles. The maximum Gasteiger partial charge on any atom is 0.0359 e. The Morgan fingerprint density at radius 2 is 2.09 bits per heavy atom. The molecule has 0 saturated carbocycles. The summed E-state index contributed by atoms with van der Waals surface area (Å²) in [6.07, 6.45) is 7.33. The fourth-order valence-electron chi connectivity index (χ4n) is 0.877. The van der Waals surface area contributed by atoms with Gasteiger partial charge in [0.05, 0.1) is 0 Å². The minimum Gasteiger partial charge on any atom is -0.398 e. The Labute approximate surface area is 66.8 Å². The monoisotopic (exact) mass is 148 g/mol. The molecule has 2 nitrogen and oxygen atoms in total. The van der Waals surface area contributed by atoms with Gasteiger partial charge in [0.15, 0.2) is 0 Å². The van der Waals surface area contributed by atoms with E-state index in [0.717, 1.165) is 16.8 Å². The summed E-state index contributed by atoms with van der Waals surface area (Å²) in [6, 6.07) is 0. The van der Waals surface area contributed by atoms with E-state index in [0.29, 0.717) is 0 Å². The Kier molecular flexibility index (Phi) is 2.26. The first-order valence-electron chi connectivity index (χ1n) is 3.54. The van der Waals surface area contributed by atoms with E-state index in [9.17, 15) is 0 Å². The van der Waals surface area contributed by atoms with Crippen LogP contribution in [0.2, 0.25) is 0 Å². The van der Waals surface area contributed by atoms with Crippen molar-refractivity contribution in [1.29, 1.82) is 0 Å². The van der Waals surface area contributed by atoms with Gasteiger partial charge in [-0.05, 0) is 31.1 Å². The van der Waals surface area contributed by atoms with Gasteiger partial charge in [-0.1, -0.05) is 6.08 Å². The average molecular weight is 148 g/mol. The summed E-state index contributed by atoms with van der Waals surface area (Å²) in [5, 5.41) is 0. The van der Waals surface area contributed by atoms with Crippen LogP contribution in [0.15, 0.2) is 40.2 Å². The molecule has 1 aliphatic rings. The van der Waals surface area contributed by atoms with E-state index in [1.807, 2.05) is 26.1 Å². The highest BCUT2D eigenvalue weighted by atomic mass is 14.7. The third kappa shape index (κ3) is 2.08. The number of hydrogen-bond acceptors (Lipinski definition) is 2. The van der Waals surface area contributed by atoms with Crippen molar-refractivity contribution in [3.8, 4) is 0 Å². The van der Waals surface area contributed by atoms with Gasteiger partial charge in [0.2, 0.25) is 0 Å². The molecule has 2 N–H and O–H groups in total. The zero-order chi connectivity index (χ0) is 8.27. The van der Waals surface area contributed by atoms with E-state index in [1.165, 1.54) is 0 Å². The zero-order valence-electron chi connectivity index (χ0n) is 6.83. The Balaban J connectivity index is 3.04. The zero-order valence-corrected chi connectivity index (χ0v) is 6.83. The molecular formula is C9H12N2. The van der Waals surface area contributed by atoms with Crippen molar-refractivity contribution in [1.82, 2.24) is 0 Å². The van der Waals surface area contributed by atoms with Crippen molar-refractivity contribution in [3.05, 3.63) is 35.2 Å². The third-order valence-electron chi connectivity index (χ3n) is 1.52. The maximum atomic E-state index is 5.68. The second kappa shape index (κ2) is 3.19. The summed E-state index contributed by atoms with van der Waals surface area (Å²) in [5.41, 5.74) is 8.67. The lowest BCUT2D eigenvalue weighted by atomic mass is 10.1. The molecule has 0 aromatic rings. The first-order chi connectivity index (χ1) is 5.20. The Morgan fingerprint density at radius 1 is 1.36 bits per heavy atom. The van der Waals surface area contributed by atoms with Crippen LogP contribution in [0.4, 0.5) is 0 Å².